The van der Waals surface area contributed by atoms with Crippen molar-refractivity contribution in [1.82, 2.24) is 10.3 Å². The number of methoxy groups -OCH3 is 1. The Morgan fingerprint density at radius 3 is 2.62 bits per heavy atom. The Morgan fingerprint density at radius 1 is 1.19 bits per heavy atom. The van der Waals surface area contributed by atoms with Gasteiger partial charge in [0.05, 0.1) is 24.4 Å². The molecule has 0 fully saturated rings. The van der Waals surface area contributed by atoms with Crippen LogP contribution in [0.15, 0.2) is 48.5 Å². The number of urea groups is 1. The molecule has 0 radical (unpaired) electrons. The number of aryl methyl sites for hydroxylation is 1. The van der Waals surface area contributed by atoms with Crippen molar-refractivity contribution in [2.75, 3.05) is 12.4 Å². The lowest BCUT2D eigenvalue weighted by Crippen LogP contribution is -2.28. The van der Waals surface area contributed by atoms with Crippen LogP contribution < -0.4 is 15.4 Å². The van der Waals surface area contributed by atoms with Gasteiger partial charge in [-0.3, -0.25) is 0 Å². The topological polar surface area (TPSA) is 63.2 Å². The fraction of sp³-hybridized carbons (Fsp3) is 0.158. The minimum absolute atomic E-state index is 0.276. The van der Waals surface area contributed by atoms with Crippen molar-refractivity contribution in [1.29, 1.82) is 0 Å². The van der Waals surface area contributed by atoms with Gasteiger partial charge in [-0.25, -0.2) is 9.78 Å². The van der Waals surface area contributed by atoms with Gasteiger partial charge in [-0.05, 0) is 37.3 Å². The van der Waals surface area contributed by atoms with E-state index in [0.717, 1.165) is 26.9 Å². The first kappa shape index (κ1) is 18.2. The second-order valence-corrected chi connectivity index (χ2v) is 7.03. The van der Waals surface area contributed by atoms with E-state index < -0.39 is 0 Å². The van der Waals surface area contributed by atoms with Gasteiger partial charge < -0.3 is 15.4 Å². The molecule has 1 heterocycles. The van der Waals surface area contributed by atoms with Crippen LogP contribution in [0, 0.1) is 6.92 Å². The number of thiazole rings is 1. The number of benzene rings is 2. The van der Waals surface area contributed by atoms with Crippen LogP contribution in [-0.2, 0) is 6.54 Å². The molecule has 0 spiro atoms. The zero-order chi connectivity index (χ0) is 18.5. The Morgan fingerprint density at radius 2 is 1.92 bits per heavy atom. The van der Waals surface area contributed by atoms with Crippen LogP contribution in [0.25, 0.3) is 10.6 Å². The fourth-order valence-electron chi connectivity index (χ4n) is 2.35. The van der Waals surface area contributed by atoms with Gasteiger partial charge in [0.1, 0.15) is 10.8 Å². The Balaban J connectivity index is 1.62. The summed E-state index contributed by atoms with van der Waals surface area (Å²) in [6.45, 7) is 2.32. The van der Waals surface area contributed by atoms with E-state index >= 15 is 0 Å². The SMILES string of the molecule is COc1ccc(NC(=O)NCc2sc(-c3ccccc3Cl)nc2C)cc1. The molecule has 7 heteroatoms. The van der Waals surface area contributed by atoms with Crippen LogP contribution in [-0.4, -0.2) is 18.1 Å². The first-order valence-electron chi connectivity index (χ1n) is 7.97. The Kier molecular flexibility index (Phi) is 5.75. The van der Waals surface area contributed by atoms with Crippen LogP contribution in [0.2, 0.25) is 5.02 Å². The van der Waals surface area contributed by atoms with E-state index in [0.29, 0.717) is 17.3 Å². The summed E-state index contributed by atoms with van der Waals surface area (Å²) in [5.74, 6) is 0.739. The number of rotatable bonds is 5. The van der Waals surface area contributed by atoms with Crippen molar-refractivity contribution in [3.63, 3.8) is 0 Å². The Labute approximate surface area is 161 Å². The molecule has 0 aliphatic heterocycles. The van der Waals surface area contributed by atoms with Crippen molar-refractivity contribution >= 4 is 34.7 Å². The zero-order valence-corrected chi connectivity index (χ0v) is 15.9. The lowest BCUT2D eigenvalue weighted by molar-refractivity contribution is 0.252. The van der Waals surface area contributed by atoms with Gasteiger partial charge in [-0.15, -0.1) is 11.3 Å². The molecule has 2 amide bonds. The van der Waals surface area contributed by atoms with Gasteiger partial charge in [-0.1, -0.05) is 29.8 Å². The Hall–Kier alpha value is -2.57. The van der Waals surface area contributed by atoms with E-state index in [4.69, 9.17) is 16.3 Å². The summed E-state index contributed by atoms with van der Waals surface area (Å²) < 4.78 is 5.10. The second-order valence-electron chi connectivity index (χ2n) is 5.54. The maximum atomic E-state index is 12.1. The van der Waals surface area contributed by atoms with Gasteiger partial charge in [0.15, 0.2) is 0 Å². The van der Waals surface area contributed by atoms with Crippen molar-refractivity contribution in [2.24, 2.45) is 0 Å². The lowest BCUT2D eigenvalue weighted by Gasteiger charge is -2.07. The highest BCUT2D eigenvalue weighted by Gasteiger charge is 2.12. The van der Waals surface area contributed by atoms with E-state index in [1.807, 2.05) is 31.2 Å². The fourth-order valence-corrected chi connectivity index (χ4v) is 3.67. The molecule has 5 nitrogen and oxygen atoms in total. The standard InChI is InChI=1S/C19H18ClN3O2S/c1-12-17(26-18(22-12)15-5-3-4-6-16(15)20)11-21-19(24)23-13-7-9-14(25-2)10-8-13/h3-10H,11H2,1-2H3,(H2,21,23,24). The molecule has 0 saturated carbocycles. The van der Waals surface area contributed by atoms with Crippen LogP contribution in [0.3, 0.4) is 0 Å². The molecule has 2 aromatic carbocycles. The minimum Gasteiger partial charge on any atom is -0.497 e. The number of amides is 2. The summed E-state index contributed by atoms with van der Waals surface area (Å²) in [4.78, 5) is 17.7. The highest BCUT2D eigenvalue weighted by atomic mass is 35.5. The predicted molar refractivity (Wildman–Crippen MR) is 106 cm³/mol. The highest BCUT2D eigenvalue weighted by Crippen LogP contribution is 2.32. The summed E-state index contributed by atoms with van der Waals surface area (Å²) in [7, 11) is 1.60. The van der Waals surface area contributed by atoms with Crippen LogP contribution in [0.5, 0.6) is 5.75 Å². The number of nitrogens with zero attached hydrogens (tertiary/aromatic N) is 1. The number of anilines is 1. The molecule has 3 aromatic rings. The van der Waals surface area contributed by atoms with Crippen molar-refractivity contribution in [2.45, 2.75) is 13.5 Å². The molecule has 1 aromatic heterocycles. The Bertz CT molecular complexity index is 909. The van der Waals surface area contributed by atoms with E-state index in [2.05, 4.69) is 15.6 Å². The molecular weight excluding hydrogens is 370 g/mol. The van der Waals surface area contributed by atoms with Crippen molar-refractivity contribution in [3.05, 3.63) is 64.1 Å². The van der Waals surface area contributed by atoms with E-state index in [1.165, 1.54) is 11.3 Å². The second kappa shape index (κ2) is 8.21. The number of aromatic nitrogens is 1. The number of hydrogen-bond donors (Lipinski definition) is 2. The van der Waals surface area contributed by atoms with Gasteiger partial charge in [-0.2, -0.15) is 0 Å². The average molecular weight is 388 g/mol. The molecule has 0 atom stereocenters. The predicted octanol–water partition coefficient (Wildman–Crippen LogP) is 5.10. The van der Waals surface area contributed by atoms with Gasteiger partial charge in [0, 0.05) is 16.1 Å². The average Bonchev–Trinajstić information content (AvgIpc) is 3.01. The normalized spacial score (nSPS) is 10.4. The van der Waals surface area contributed by atoms with Gasteiger partial charge in [0.2, 0.25) is 0 Å². The molecule has 3 rings (SSSR count). The monoisotopic (exact) mass is 387 g/mol. The molecule has 0 aliphatic carbocycles. The summed E-state index contributed by atoms with van der Waals surface area (Å²) in [5.41, 5.74) is 2.48. The first-order chi connectivity index (χ1) is 12.6. The van der Waals surface area contributed by atoms with Gasteiger partial charge in [0.25, 0.3) is 0 Å². The van der Waals surface area contributed by atoms with Crippen LogP contribution >= 0.6 is 22.9 Å². The molecule has 0 aliphatic rings. The summed E-state index contributed by atoms with van der Waals surface area (Å²) in [6, 6.07) is 14.5. The highest BCUT2D eigenvalue weighted by molar-refractivity contribution is 7.15. The molecule has 2 N–H and O–H groups in total. The van der Waals surface area contributed by atoms with E-state index in [1.54, 1.807) is 31.4 Å². The molecule has 0 bridgehead atoms. The van der Waals surface area contributed by atoms with Crippen molar-refractivity contribution < 1.29 is 9.53 Å². The maximum absolute atomic E-state index is 12.1. The third-order valence-corrected chi connectivity index (χ3v) is 5.27. The third-order valence-electron chi connectivity index (χ3n) is 3.75. The number of ether oxygens (including phenoxy) is 1. The lowest BCUT2D eigenvalue weighted by atomic mass is 10.2. The van der Waals surface area contributed by atoms with E-state index in [-0.39, 0.29) is 6.03 Å². The number of hydrogen-bond acceptors (Lipinski definition) is 4. The number of carbonyl (C=O) groups excluding carboxylic acids is 1. The maximum Gasteiger partial charge on any atom is 0.319 e. The quantitative estimate of drug-likeness (QED) is 0.640. The van der Waals surface area contributed by atoms with E-state index in [9.17, 15) is 4.79 Å². The molecular formula is C19H18ClN3O2S. The summed E-state index contributed by atoms with van der Waals surface area (Å²) in [5, 5.41) is 7.15. The summed E-state index contributed by atoms with van der Waals surface area (Å²) >= 11 is 7.76. The van der Waals surface area contributed by atoms with Gasteiger partial charge >= 0.3 is 6.03 Å². The van der Waals surface area contributed by atoms with Crippen LogP contribution in [0.4, 0.5) is 10.5 Å². The number of carbonyl (C=O) groups is 1. The van der Waals surface area contributed by atoms with Crippen LogP contribution in [0.1, 0.15) is 10.6 Å². The molecule has 26 heavy (non-hydrogen) atoms. The number of halogens is 1. The summed E-state index contributed by atoms with van der Waals surface area (Å²) in [6.07, 6.45) is 0. The molecule has 0 unspecified atom stereocenters. The number of nitrogens with one attached hydrogen (secondary N) is 2. The minimum atomic E-state index is -0.276. The largest absolute Gasteiger partial charge is 0.497 e. The zero-order valence-electron chi connectivity index (χ0n) is 14.4. The molecule has 134 valence electrons. The third kappa shape index (κ3) is 4.33. The smallest absolute Gasteiger partial charge is 0.319 e. The first-order valence-corrected chi connectivity index (χ1v) is 9.16. The van der Waals surface area contributed by atoms with Crippen molar-refractivity contribution in [3.8, 4) is 16.3 Å². The molecule has 0 saturated heterocycles.